The van der Waals surface area contributed by atoms with Crippen molar-refractivity contribution >= 4 is 13.5 Å². The molecule has 2 nitrogen and oxygen atoms in total. The van der Waals surface area contributed by atoms with Gasteiger partial charge in [0.15, 0.2) is 0 Å². The quantitative estimate of drug-likeness (QED) is 0.371. The maximum Gasteiger partial charge on any atom is 0 e. The molecule has 0 amide bonds. The van der Waals surface area contributed by atoms with Crippen molar-refractivity contribution in [3.05, 3.63) is 7.43 Å². The predicted molar refractivity (Wildman–Crippen MR) is 16.6 cm³/mol. The standard InChI is InChI=1S/C.N.H2O.S/h;;1H2;. The lowest BCUT2D eigenvalue weighted by Crippen LogP contribution is -0.481. The van der Waals surface area contributed by atoms with Crippen molar-refractivity contribution < 1.29 is 5.48 Å². The van der Waals surface area contributed by atoms with Gasteiger partial charge in [0.1, 0.15) is 0 Å². The normalized spacial score (nSPS) is 0. The molecule has 0 aliphatic rings. The minimum absolute atomic E-state index is 0. The molecule has 0 spiro atoms. The van der Waals surface area contributed by atoms with Crippen LogP contribution in [0.5, 0.6) is 0 Å². The smallest absolute Gasteiger partial charge is 0 e. The fourth-order valence-electron chi connectivity index (χ4n) is 0. The van der Waals surface area contributed by atoms with Gasteiger partial charge in [0.2, 0.25) is 0 Å². The molecule has 0 rings (SSSR count). The number of nitrogens with zero attached hydrogens (tertiary/aromatic N) is 1. The monoisotopic (exact) mass is 76.0 g/mol. The zero-order chi connectivity index (χ0) is 0. The summed E-state index contributed by atoms with van der Waals surface area (Å²) in [5, 5.41) is 0. The summed E-state index contributed by atoms with van der Waals surface area (Å²) < 4.78 is 0. The second-order valence-electron chi connectivity index (χ2n) is 0. The molecule has 0 fully saturated rings. The summed E-state index contributed by atoms with van der Waals surface area (Å²) >= 11 is 0. The lowest BCUT2D eigenvalue weighted by Gasteiger charge is -0.412. The third kappa shape index (κ3) is 50.2. The van der Waals surface area contributed by atoms with E-state index >= 15 is 0 Å². The van der Waals surface area contributed by atoms with Crippen LogP contribution in [-0.2, 0) is 0 Å². The number of hydrogen-bond acceptors (Lipinski definition) is 0. The Morgan fingerprint density at radius 1 is 1.00 bits per heavy atom. The Morgan fingerprint density at radius 3 is 1.00 bits per heavy atom. The molecule has 9 radical (unpaired) electrons. The average Bonchev–Trinajstić information content (AvgIpc) is 0. The third-order valence-corrected chi connectivity index (χ3v) is 0. The molecule has 0 saturated carbocycles. The van der Waals surface area contributed by atoms with E-state index in [0.29, 0.717) is 0 Å². The average molecular weight is 76.1 g/mol. The van der Waals surface area contributed by atoms with Gasteiger partial charge in [-0.1, -0.05) is 0 Å². The highest BCUT2D eigenvalue weighted by atomic mass is 32.1. The molecule has 0 unspecified atom stereocenters. The first-order valence-corrected chi connectivity index (χ1v) is 0. The topological polar surface area (TPSA) is 62.0 Å². The Hall–Kier alpha value is 0.270. The summed E-state index contributed by atoms with van der Waals surface area (Å²) in [7, 11) is 0. The molecule has 3 heteroatoms. The largest absolute Gasteiger partial charge is 0.412 e. The van der Waals surface area contributed by atoms with Crippen molar-refractivity contribution in [1.82, 2.24) is 6.15 Å². The summed E-state index contributed by atoms with van der Waals surface area (Å²) in [5.41, 5.74) is 0. The molecule has 0 saturated heterocycles. The van der Waals surface area contributed by atoms with Crippen molar-refractivity contribution in [2.45, 2.75) is 0 Å². The van der Waals surface area contributed by atoms with Crippen molar-refractivity contribution in [2.75, 3.05) is 0 Å². The Balaban J connectivity index is 0. The van der Waals surface area contributed by atoms with Crippen molar-refractivity contribution in [3.8, 4) is 0 Å². The highest BCUT2D eigenvalue weighted by Gasteiger charge is 0.00201. The molecule has 4 heavy (non-hydrogen) atoms. The van der Waals surface area contributed by atoms with Crippen LogP contribution in [0.2, 0.25) is 0 Å². The van der Waals surface area contributed by atoms with Crippen LogP contribution in [-0.4, -0.2) is 5.48 Å². The lowest BCUT2D eigenvalue weighted by molar-refractivity contribution is 0.824. The maximum atomic E-state index is 0. The van der Waals surface area contributed by atoms with E-state index in [4.69, 9.17) is 0 Å². The van der Waals surface area contributed by atoms with E-state index in [9.17, 15) is 0 Å². The van der Waals surface area contributed by atoms with E-state index < -0.39 is 0 Å². The van der Waals surface area contributed by atoms with Gasteiger partial charge in [0.05, 0.1) is 0 Å². The maximum absolute atomic E-state index is 0. The second-order valence-corrected chi connectivity index (χ2v) is 0. The van der Waals surface area contributed by atoms with Crippen LogP contribution in [0.25, 0.3) is 0 Å². The Bertz CT molecular complexity index is 8.00. The van der Waals surface area contributed by atoms with Gasteiger partial charge in [0, 0.05) is 27.1 Å². The molecule has 0 aliphatic carbocycles. The van der Waals surface area contributed by atoms with Crippen LogP contribution in [0.3, 0.4) is 0 Å². The number of rotatable bonds is 0. The molecule has 2 N–H and O–H groups in total. The zero-order valence-electron chi connectivity index (χ0n) is 1.86. The minimum Gasteiger partial charge on any atom is -0.412 e. The fourth-order valence-corrected chi connectivity index (χ4v) is 0. The molecular weight excluding hydrogens is 74.1 g/mol. The van der Waals surface area contributed by atoms with Crippen LogP contribution in [0, 0.1) is 7.43 Å². The third-order valence-electron chi connectivity index (χ3n) is 0. The molecule has 23 valence electrons. The van der Waals surface area contributed by atoms with Crippen LogP contribution in [0.4, 0.5) is 0 Å². The highest BCUT2D eigenvalue weighted by Crippen LogP contribution is 0.648. The first-order valence-electron chi connectivity index (χ1n) is 0. The van der Waals surface area contributed by atoms with Crippen molar-refractivity contribution in [1.29, 1.82) is 0 Å². The molecule has 0 aromatic rings. The second kappa shape index (κ2) is 231. The Morgan fingerprint density at radius 2 is 1.00 bits per heavy atom. The highest BCUT2D eigenvalue weighted by molar-refractivity contribution is 7.59. The molecule has 0 aliphatic heterocycles. The summed E-state index contributed by atoms with van der Waals surface area (Å²) in [4.78, 5) is 0. The van der Waals surface area contributed by atoms with Crippen LogP contribution < -0.4 is 6.15 Å². The van der Waals surface area contributed by atoms with Gasteiger partial charge in [-0.2, -0.15) is 0 Å². The molecule has 0 aromatic heterocycles. The van der Waals surface area contributed by atoms with Gasteiger partial charge < -0.3 is 5.48 Å². The minimum atomic E-state index is 0. The molecule has 0 atom stereocenters. The van der Waals surface area contributed by atoms with Crippen LogP contribution >= 0.6 is 13.5 Å². The molecule has 0 bridgehead atoms. The summed E-state index contributed by atoms with van der Waals surface area (Å²) in [6.45, 7) is 0. The van der Waals surface area contributed by atoms with Gasteiger partial charge in [-0.25, -0.2) is 0 Å². The van der Waals surface area contributed by atoms with Crippen LogP contribution in [0.1, 0.15) is 0 Å². The summed E-state index contributed by atoms with van der Waals surface area (Å²) in [5.74, 6) is 0. The van der Waals surface area contributed by atoms with Crippen molar-refractivity contribution in [3.63, 3.8) is 0 Å². The van der Waals surface area contributed by atoms with E-state index in [0.717, 1.165) is 0 Å². The van der Waals surface area contributed by atoms with Crippen LogP contribution in [0.15, 0.2) is 0 Å². The van der Waals surface area contributed by atoms with Gasteiger partial charge in [-0.3, -0.25) is 0 Å². The van der Waals surface area contributed by atoms with Gasteiger partial charge in [-0.15, -0.1) is 0 Å². The van der Waals surface area contributed by atoms with E-state index in [-0.39, 0.29) is 32.5 Å². The van der Waals surface area contributed by atoms with Crippen molar-refractivity contribution in [2.24, 2.45) is 0 Å². The Kier molecular flexibility index (Phi) is 36200. The number of hydrogen-bond donors (Lipinski definition) is 0. The Labute approximate surface area is 33.5 Å². The SMILES string of the molecule is O.[C].[N].[S]. The van der Waals surface area contributed by atoms with E-state index in [2.05, 4.69) is 0 Å². The van der Waals surface area contributed by atoms with E-state index in [1.54, 1.807) is 0 Å². The lowest BCUT2D eigenvalue weighted by atomic mass is 12.0. The molecule has 0 heterocycles. The molecule has 0 aromatic carbocycles. The predicted octanol–water partition coefficient (Wildman–Crippen LogP) is -0.576. The summed E-state index contributed by atoms with van der Waals surface area (Å²) in [6, 6.07) is 0. The first kappa shape index (κ1) is 626. The van der Waals surface area contributed by atoms with E-state index in [1.807, 2.05) is 0 Å². The molecular formula is CH2NOS. The summed E-state index contributed by atoms with van der Waals surface area (Å²) in [6.07, 6.45) is 0. The van der Waals surface area contributed by atoms with Gasteiger partial charge in [0.25, 0.3) is 0 Å². The van der Waals surface area contributed by atoms with Gasteiger partial charge >= 0.3 is 0 Å². The van der Waals surface area contributed by atoms with Gasteiger partial charge in [-0.05, 0) is 0 Å². The fraction of sp³-hybridized carbons (Fsp3) is 0. The van der Waals surface area contributed by atoms with E-state index in [1.165, 1.54) is 0 Å². The zero-order valence-corrected chi connectivity index (χ0v) is 2.67. The first-order chi connectivity index (χ1) is 0.